The Morgan fingerprint density at radius 3 is 3.00 bits per heavy atom. The summed E-state index contributed by atoms with van der Waals surface area (Å²) in [5.74, 6) is -1.00. The molecule has 5 nitrogen and oxygen atoms in total. The number of carboxylic acid groups (broad SMARTS) is 1. The first-order valence-corrected chi connectivity index (χ1v) is 6.59. The number of hydrogen-bond donors (Lipinski definition) is 2. The zero-order valence-corrected chi connectivity index (χ0v) is 10.6. The van der Waals surface area contributed by atoms with E-state index in [0.717, 1.165) is 31.5 Å². The van der Waals surface area contributed by atoms with E-state index in [1.165, 1.54) is 0 Å². The number of hydrogen-bond acceptors (Lipinski definition) is 3. The zero-order chi connectivity index (χ0) is 13.4. The first kappa shape index (κ1) is 12.0. The molecule has 2 aliphatic rings. The molecule has 1 unspecified atom stereocenters. The van der Waals surface area contributed by atoms with E-state index in [4.69, 9.17) is 5.11 Å². The van der Waals surface area contributed by atoms with Gasteiger partial charge in [0.05, 0.1) is 16.9 Å². The number of nitrogens with one attached hydrogen (secondary N) is 1. The molecule has 0 spiro atoms. The van der Waals surface area contributed by atoms with Gasteiger partial charge < -0.3 is 15.3 Å². The van der Waals surface area contributed by atoms with E-state index in [-0.39, 0.29) is 17.5 Å². The highest BCUT2D eigenvalue weighted by atomic mass is 16.4. The second-order valence-corrected chi connectivity index (χ2v) is 5.13. The van der Waals surface area contributed by atoms with Gasteiger partial charge in [0, 0.05) is 19.0 Å². The molecule has 0 bridgehead atoms. The van der Waals surface area contributed by atoms with Crippen molar-refractivity contribution < 1.29 is 14.7 Å². The number of fused-ring (bicyclic) bond motifs is 3. The van der Waals surface area contributed by atoms with Gasteiger partial charge in [0.25, 0.3) is 0 Å². The minimum Gasteiger partial charge on any atom is -0.478 e. The standard InChI is InChI=1S/C14H16N2O3/c17-13-8-10-3-1-2-6-16(10)12-5-4-9(14(18)19)7-11(12)15-13/h4-5,7,10H,1-3,6,8H2,(H,15,17)(H,18,19). The summed E-state index contributed by atoms with van der Waals surface area (Å²) in [4.78, 5) is 25.1. The van der Waals surface area contributed by atoms with E-state index in [2.05, 4.69) is 10.2 Å². The third-order valence-electron chi connectivity index (χ3n) is 3.88. The normalized spacial score (nSPS) is 22.0. The Morgan fingerprint density at radius 1 is 1.37 bits per heavy atom. The molecular weight excluding hydrogens is 244 g/mol. The van der Waals surface area contributed by atoms with Crippen LogP contribution in [-0.4, -0.2) is 29.6 Å². The maximum absolute atomic E-state index is 11.9. The van der Waals surface area contributed by atoms with E-state index in [1.807, 2.05) is 6.07 Å². The van der Waals surface area contributed by atoms with Gasteiger partial charge in [-0.05, 0) is 37.5 Å². The average molecular weight is 260 g/mol. The van der Waals surface area contributed by atoms with Crippen molar-refractivity contribution in [3.63, 3.8) is 0 Å². The zero-order valence-electron chi connectivity index (χ0n) is 10.6. The molecule has 1 atom stereocenters. The smallest absolute Gasteiger partial charge is 0.335 e. The Balaban J connectivity index is 2.05. The molecule has 0 radical (unpaired) electrons. The monoisotopic (exact) mass is 260 g/mol. The van der Waals surface area contributed by atoms with Gasteiger partial charge in [0.15, 0.2) is 0 Å². The molecule has 0 aliphatic carbocycles. The molecule has 5 heteroatoms. The first-order chi connectivity index (χ1) is 9.15. The summed E-state index contributed by atoms with van der Waals surface area (Å²) < 4.78 is 0. The van der Waals surface area contributed by atoms with Crippen LogP contribution in [0.5, 0.6) is 0 Å². The van der Waals surface area contributed by atoms with Crippen LogP contribution < -0.4 is 10.2 Å². The van der Waals surface area contributed by atoms with Crippen LogP contribution in [0.3, 0.4) is 0 Å². The molecule has 1 fully saturated rings. The van der Waals surface area contributed by atoms with Crippen molar-refractivity contribution in [3.8, 4) is 0 Å². The number of carboxylic acids is 1. The Hall–Kier alpha value is -2.04. The molecular formula is C14H16N2O3. The van der Waals surface area contributed by atoms with Gasteiger partial charge >= 0.3 is 5.97 Å². The predicted octanol–water partition coefficient (Wildman–Crippen LogP) is 2.09. The summed E-state index contributed by atoms with van der Waals surface area (Å²) in [6, 6.07) is 5.20. The van der Waals surface area contributed by atoms with Crippen molar-refractivity contribution in [2.45, 2.75) is 31.7 Å². The van der Waals surface area contributed by atoms with E-state index < -0.39 is 5.97 Å². The van der Waals surface area contributed by atoms with Gasteiger partial charge in [0.1, 0.15) is 0 Å². The molecule has 0 saturated carbocycles. The van der Waals surface area contributed by atoms with Crippen LogP contribution in [0.1, 0.15) is 36.0 Å². The number of anilines is 2. The van der Waals surface area contributed by atoms with E-state index >= 15 is 0 Å². The first-order valence-electron chi connectivity index (χ1n) is 6.59. The molecule has 19 heavy (non-hydrogen) atoms. The van der Waals surface area contributed by atoms with Gasteiger partial charge in [-0.25, -0.2) is 4.79 Å². The molecule has 1 amide bonds. The Morgan fingerprint density at radius 2 is 2.21 bits per heavy atom. The van der Waals surface area contributed by atoms with Gasteiger partial charge in [-0.15, -0.1) is 0 Å². The molecule has 2 N–H and O–H groups in total. The number of carbonyl (C=O) groups is 2. The number of aromatic carboxylic acids is 1. The minimum atomic E-state index is -0.975. The summed E-state index contributed by atoms with van der Waals surface area (Å²) >= 11 is 0. The van der Waals surface area contributed by atoms with Crippen LogP contribution in [0.2, 0.25) is 0 Å². The Bertz CT molecular complexity index is 541. The number of carbonyl (C=O) groups excluding carboxylic acids is 1. The lowest BCUT2D eigenvalue weighted by Crippen LogP contribution is -2.39. The number of piperidine rings is 1. The molecule has 1 aromatic carbocycles. The second kappa shape index (κ2) is 4.57. The van der Waals surface area contributed by atoms with Crippen LogP contribution in [0, 0.1) is 0 Å². The van der Waals surface area contributed by atoms with Crippen molar-refractivity contribution in [2.24, 2.45) is 0 Å². The summed E-state index contributed by atoms with van der Waals surface area (Å²) in [7, 11) is 0. The predicted molar refractivity (Wildman–Crippen MR) is 71.6 cm³/mol. The van der Waals surface area contributed by atoms with Gasteiger partial charge in [-0.2, -0.15) is 0 Å². The van der Waals surface area contributed by atoms with Crippen molar-refractivity contribution in [1.29, 1.82) is 0 Å². The van der Waals surface area contributed by atoms with E-state index in [9.17, 15) is 9.59 Å². The molecule has 0 aromatic heterocycles. The highest BCUT2D eigenvalue weighted by molar-refractivity contribution is 5.99. The van der Waals surface area contributed by atoms with Crippen molar-refractivity contribution in [3.05, 3.63) is 23.8 Å². The molecule has 1 saturated heterocycles. The van der Waals surface area contributed by atoms with Gasteiger partial charge in [-0.3, -0.25) is 4.79 Å². The maximum atomic E-state index is 11.9. The van der Waals surface area contributed by atoms with Crippen LogP contribution >= 0.6 is 0 Å². The lowest BCUT2D eigenvalue weighted by atomic mass is 9.98. The number of benzene rings is 1. The topological polar surface area (TPSA) is 69.6 Å². The maximum Gasteiger partial charge on any atom is 0.335 e. The minimum absolute atomic E-state index is 0.0295. The van der Waals surface area contributed by atoms with Crippen molar-refractivity contribution in [2.75, 3.05) is 16.8 Å². The molecule has 3 rings (SSSR count). The lowest BCUT2D eigenvalue weighted by Gasteiger charge is -2.36. The summed E-state index contributed by atoms with van der Waals surface area (Å²) in [6.07, 6.45) is 3.77. The summed E-state index contributed by atoms with van der Waals surface area (Å²) in [6.45, 7) is 0.930. The summed E-state index contributed by atoms with van der Waals surface area (Å²) in [5, 5.41) is 11.9. The van der Waals surface area contributed by atoms with Crippen LogP contribution in [-0.2, 0) is 4.79 Å². The third-order valence-corrected chi connectivity index (χ3v) is 3.88. The van der Waals surface area contributed by atoms with Gasteiger partial charge in [-0.1, -0.05) is 0 Å². The van der Waals surface area contributed by atoms with Crippen LogP contribution in [0.25, 0.3) is 0 Å². The second-order valence-electron chi connectivity index (χ2n) is 5.13. The van der Waals surface area contributed by atoms with E-state index in [1.54, 1.807) is 12.1 Å². The molecule has 2 aliphatic heterocycles. The molecule has 1 aromatic rings. The van der Waals surface area contributed by atoms with Gasteiger partial charge in [0.2, 0.25) is 5.91 Å². The fourth-order valence-electron chi connectivity index (χ4n) is 2.96. The SMILES string of the molecule is O=C1CC2CCCCN2c2ccc(C(=O)O)cc2N1. The highest BCUT2D eigenvalue weighted by Gasteiger charge is 2.30. The number of rotatable bonds is 1. The third kappa shape index (κ3) is 2.16. The quantitative estimate of drug-likeness (QED) is 0.811. The van der Waals surface area contributed by atoms with E-state index in [0.29, 0.717) is 12.1 Å². The Labute approximate surface area is 111 Å². The largest absolute Gasteiger partial charge is 0.478 e. The fraction of sp³-hybridized carbons (Fsp3) is 0.429. The molecule has 2 heterocycles. The number of amides is 1. The van der Waals surface area contributed by atoms with Crippen LogP contribution in [0.4, 0.5) is 11.4 Å². The molecule has 100 valence electrons. The van der Waals surface area contributed by atoms with Crippen LogP contribution in [0.15, 0.2) is 18.2 Å². The lowest BCUT2D eigenvalue weighted by molar-refractivity contribution is -0.116. The Kier molecular flexibility index (Phi) is 2.89. The average Bonchev–Trinajstić information content (AvgIpc) is 2.53. The van der Waals surface area contributed by atoms with Crippen molar-refractivity contribution in [1.82, 2.24) is 0 Å². The van der Waals surface area contributed by atoms with Crippen molar-refractivity contribution >= 4 is 23.3 Å². The summed E-state index contributed by atoms with van der Waals surface area (Å²) in [5.41, 5.74) is 1.77. The number of nitrogens with zero attached hydrogens (tertiary/aromatic N) is 1. The fourth-order valence-corrected chi connectivity index (χ4v) is 2.96. The highest BCUT2D eigenvalue weighted by Crippen LogP contribution is 2.35.